The van der Waals surface area contributed by atoms with Crippen LogP contribution in [0.4, 0.5) is 0 Å². The maximum absolute atomic E-state index is 11.9. The Balaban J connectivity index is 1.71. The third kappa shape index (κ3) is 4.67. The van der Waals surface area contributed by atoms with Gasteiger partial charge in [0.25, 0.3) is 0 Å². The van der Waals surface area contributed by atoms with E-state index in [0.717, 1.165) is 23.5 Å². The summed E-state index contributed by atoms with van der Waals surface area (Å²) in [7, 11) is 0. The van der Waals surface area contributed by atoms with Gasteiger partial charge in [-0.2, -0.15) is 0 Å². The summed E-state index contributed by atoms with van der Waals surface area (Å²) < 4.78 is 0. The van der Waals surface area contributed by atoms with Gasteiger partial charge in [0.15, 0.2) is 0 Å². The van der Waals surface area contributed by atoms with Gasteiger partial charge in [-0.05, 0) is 38.3 Å². The number of thiazole rings is 1. The summed E-state index contributed by atoms with van der Waals surface area (Å²) in [4.78, 5) is 17.6. The van der Waals surface area contributed by atoms with E-state index >= 15 is 0 Å². The third-order valence-electron chi connectivity index (χ3n) is 3.62. The molecule has 0 aliphatic carbocycles. The Morgan fingerprint density at radius 2 is 1.95 bits per heavy atom. The zero-order chi connectivity index (χ0) is 15.2. The molecular formula is C17H22N2OS. The molecule has 0 spiro atoms. The van der Waals surface area contributed by atoms with Crippen molar-refractivity contribution in [3.63, 3.8) is 0 Å². The van der Waals surface area contributed by atoms with Crippen LogP contribution in [0.5, 0.6) is 0 Å². The molecule has 1 amide bonds. The van der Waals surface area contributed by atoms with E-state index in [1.807, 2.05) is 19.1 Å². The second-order valence-corrected chi connectivity index (χ2v) is 6.56. The maximum Gasteiger partial charge on any atom is 0.220 e. The molecule has 1 aromatic carbocycles. The third-order valence-corrected chi connectivity index (χ3v) is 4.75. The molecule has 0 bridgehead atoms. The van der Waals surface area contributed by atoms with E-state index in [2.05, 4.69) is 36.3 Å². The lowest BCUT2D eigenvalue weighted by Gasteiger charge is -2.06. The van der Waals surface area contributed by atoms with Crippen LogP contribution in [0.15, 0.2) is 24.3 Å². The number of carbonyl (C=O) groups excluding carboxylic acids is 1. The average molecular weight is 302 g/mol. The van der Waals surface area contributed by atoms with Crippen molar-refractivity contribution in [3.05, 3.63) is 51.0 Å². The fraction of sp³-hybridized carbons (Fsp3) is 0.412. The molecule has 1 aromatic heterocycles. The van der Waals surface area contributed by atoms with Crippen molar-refractivity contribution in [3.8, 4) is 0 Å². The molecule has 0 fully saturated rings. The molecule has 2 aromatic rings. The summed E-state index contributed by atoms with van der Waals surface area (Å²) in [6, 6.07) is 8.22. The number of nitrogens with zero attached hydrogens (tertiary/aromatic N) is 1. The summed E-state index contributed by atoms with van der Waals surface area (Å²) in [5, 5.41) is 4.08. The molecule has 3 nitrogen and oxygen atoms in total. The Bertz CT molecular complexity index is 600. The highest BCUT2D eigenvalue weighted by molar-refractivity contribution is 7.11. The number of rotatable bonds is 6. The zero-order valence-electron chi connectivity index (χ0n) is 12.9. The van der Waals surface area contributed by atoms with E-state index in [0.29, 0.717) is 13.0 Å². The van der Waals surface area contributed by atoms with Crippen molar-refractivity contribution in [2.45, 2.75) is 40.0 Å². The van der Waals surface area contributed by atoms with Gasteiger partial charge in [-0.15, -0.1) is 11.3 Å². The van der Waals surface area contributed by atoms with Crippen LogP contribution >= 0.6 is 11.3 Å². The summed E-state index contributed by atoms with van der Waals surface area (Å²) >= 11 is 1.72. The first-order chi connectivity index (χ1) is 10.1. The summed E-state index contributed by atoms with van der Waals surface area (Å²) in [5.41, 5.74) is 3.60. The van der Waals surface area contributed by atoms with Crippen LogP contribution in [0, 0.1) is 20.8 Å². The van der Waals surface area contributed by atoms with Crippen molar-refractivity contribution in [1.82, 2.24) is 10.3 Å². The van der Waals surface area contributed by atoms with Gasteiger partial charge in [-0.1, -0.05) is 24.3 Å². The number of aryl methyl sites for hydroxylation is 4. The first-order valence-corrected chi connectivity index (χ1v) is 8.12. The number of nitrogens with one attached hydrogen (secondary N) is 1. The van der Waals surface area contributed by atoms with E-state index in [4.69, 9.17) is 0 Å². The topological polar surface area (TPSA) is 42.0 Å². The molecule has 0 unspecified atom stereocenters. The fourth-order valence-corrected chi connectivity index (χ4v) is 3.12. The fourth-order valence-electron chi connectivity index (χ4n) is 2.18. The summed E-state index contributed by atoms with van der Waals surface area (Å²) in [6.07, 6.45) is 2.16. The lowest BCUT2D eigenvalue weighted by atomic mass is 10.0. The number of amides is 1. The highest BCUT2D eigenvalue weighted by atomic mass is 32.1. The molecule has 2 rings (SSSR count). The lowest BCUT2D eigenvalue weighted by Crippen LogP contribution is -2.25. The molecule has 1 heterocycles. The maximum atomic E-state index is 11.9. The van der Waals surface area contributed by atoms with E-state index in [9.17, 15) is 4.79 Å². The molecule has 0 aliphatic heterocycles. The number of hydrogen-bond acceptors (Lipinski definition) is 3. The van der Waals surface area contributed by atoms with Crippen LogP contribution in [0.25, 0.3) is 0 Å². The minimum absolute atomic E-state index is 0.114. The Labute approximate surface area is 130 Å². The predicted molar refractivity (Wildman–Crippen MR) is 87.8 cm³/mol. The minimum Gasteiger partial charge on any atom is -0.356 e. The van der Waals surface area contributed by atoms with E-state index < -0.39 is 0 Å². The number of aromatic nitrogens is 1. The van der Waals surface area contributed by atoms with Crippen LogP contribution in [0.2, 0.25) is 0 Å². The Hall–Kier alpha value is -1.68. The van der Waals surface area contributed by atoms with Gasteiger partial charge < -0.3 is 5.32 Å². The van der Waals surface area contributed by atoms with Crippen molar-refractivity contribution in [2.24, 2.45) is 0 Å². The number of hydrogen-bond donors (Lipinski definition) is 1. The first-order valence-electron chi connectivity index (χ1n) is 7.30. The monoisotopic (exact) mass is 302 g/mol. The smallest absolute Gasteiger partial charge is 0.220 e. The molecule has 1 N–H and O–H groups in total. The highest BCUT2D eigenvalue weighted by Crippen LogP contribution is 2.16. The lowest BCUT2D eigenvalue weighted by molar-refractivity contribution is -0.121. The predicted octanol–water partition coefficient (Wildman–Crippen LogP) is 3.36. The van der Waals surface area contributed by atoms with Crippen molar-refractivity contribution >= 4 is 17.2 Å². The Kier molecular flexibility index (Phi) is 5.51. The van der Waals surface area contributed by atoms with E-state index in [1.165, 1.54) is 16.0 Å². The van der Waals surface area contributed by atoms with Gasteiger partial charge in [0.2, 0.25) is 5.91 Å². The second-order valence-electron chi connectivity index (χ2n) is 5.28. The SMILES string of the molecule is Cc1ccccc1CCC(=O)NCCc1nc(C)c(C)s1. The van der Waals surface area contributed by atoms with Crippen LogP contribution in [0.1, 0.15) is 33.1 Å². The quantitative estimate of drug-likeness (QED) is 0.889. The zero-order valence-corrected chi connectivity index (χ0v) is 13.7. The molecule has 112 valence electrons. The van der Waals surface area contributed by atoms with Gasteiger partial charge in [-0.3, -0.25) is 4.79 Å². The molecule has 4 heteroatoms. The molecule has 0 atom stereocenters. The van der Waals surface area contributed by atoms with Crippen LogP contribution in [-0.2, 0) is 17.6 Å². The molecule has 0 aliphatic rings. The van der Waals surface area contributed by atoms with Gasteiger partial charge in [0.1, 0.15) is 0 Å². The molecule has 0 radical (unpaired) electrons. The molecule has 21 heavy (non-hydrogen) atoms. The van der Waals surface area contributed by atoms with Gasteiger partial charge in [-0.25, -0.2) is 4.98 Å². The van der Waals surface area contributed by atoms with E-state index in [1.54, 1.807) is 11.3 Å². The Morgan fingerprint density at radius 3 is 2.62 bits per heavy atom. The van der Waals surface area contributed by atoms with Gasteiger partial charge in [0, 0.05) is 24.3 Å². The van der Waals surface area contributed by atoms with Crippen LogP contribution in [0.3, 0.4) is 0 Å². The van der Waals surface area contributed by atoms with Crippen molar-refractivity contribution < 1.29 is 4.79 Å². The van der Waals surface area contributed by atoms with Crippen molar-refractivity contribution in [1.29, 1.82) is 0 Å². The highest BCUT2D eigenvalue weighted by Gasteiger charge is 2.06. The standard InChI is InChI=1S/C17H22N2OS/c1-12-6-4-5-7-15(12)8-9-16(20)18-11-10-17-19-13(2)14(3)21-17/h4-7H,8-11H2,1-3H3,(H,18,20). The summed E-state index contributed by atoms with van der Waals surface area (Å²) in [5.74, 6) is 0.114. The number of benzene rings is 1. The number of carbonyl (C=O) groups is 1. The molecule has 0 saturated heterocycles. The Morgan fingerprint density at radius 1 is 1.19 bits per heavy atom. The molecular weight excluding hydrogens is 280 g/mol. The minimum atomic E-state index is 0.114. The van der Waals surface area contributed by atoms with Crippen LogP contribution in [-0.4, -0.2) is 17.4 Å². The normalized spacial score (nSPS) is 10.6. The molecule has 0 saturated carbocycles. The van der Waals surface area contributed by atoms with Crippen molar-refractivity contribution in [2.75, 3.05) is 6.54 Å². The van der Waals surface area contributed by atoms with Gasteiger partial charge >= 0.3 is 0 Å². The largest absolute Gasteiger partial charge is 0.356 e. The summed E-state index contributed by atoms with van der Waals surface area (Å²) in [6.45, 7) is 6.85. The average Bonchev–Trinajstić information content (AvgIpc) is 2.77. The van der Waals surface area contributed by atoms with E-state index in [-0.39, 0.29) is 5.91 Å². The second kappa shape index (κ2) is 7.36. The van der Waals surface area contributed by atoms with Gasteiger partial charge in [0.05, 0.1) is 10.7 Å². The van der Waals surface area contributed by atoms with Crippen LogP contribution < -0.4 is 5.32 Å². The first kappa shape index (κ1) is 15.7.